The van der Waals surface area contributed by atoms with E-state index in [1.165, 1.54) is 105 Å². The third-order valence-corrected chi connectivity index (χ3v) is 14.0. The quantitative estimate of drug-likeness (QED) is 0.151. The Hall–Kier alpha value is -5.02. The first-order chi connectivity index (χ1) is 27.1. The minimum atomic E-state index is -0.204. The van der Waals surface area contributed by atoms with Gasteiger partial charge in [-0.15, -0.1) is 0 Å². The van der Waals surface area contributed by atoms with Gasteiger partial charge >= 0.3 is 6.85 Å². The predicted molar refractivity (Wildman–Crippen MR) is 252 cm³/mol. The maximum absolute atomic E-state index is 2.72. The van der Waals surface area contributed by atoms with Gasteiger partial charge in [-0.05, 0) is 131 Å². The topological polar surface area (TPSA) is 8.17 Å². The average Bonchev–Trinajstić information content (AvgIpc) is 3.60. The monoisotopic (exact) mass is 758 g/mol. The van der Waals surface area contributed by atoms with Crippen molar-refractivity contribution in [3.8, 4) is 27.9 Å². The first-order valence-electron chi connectivity index (χ1n) is 21.6. The van der Waals surface area contributed by atoms with Gasteiger partial charge in [0.25, 0.3) is 0 Å². The first-order valence-corrected chi connectivity index (χ1v) is 21.6. The van der Waals surface area contributed by atoms with Crippen LogP contribution in [-0.4, -0.2) is 11.4 Å². The molecule has 3 heterocycles. The van der Waals surface area contributed by atoms with Crippen LogP contribution in [0, 0.1) is 0 Å². The van der Waals surface area contributed by atoms with E-state index in [-0.39, 0.29) is 33.9 Å². The molecule has 2 nitrogen and oxygen atoms in total. The molecule has 0 spiro atoms. The van der Waals surface area contributed by atoms with Crippen LogP contribution in [0.2, 0.25) is 0 Å². The van der Waals surface area contributed by atoms with E-state index in [1.807, 2.05) is 0 Å². The molecule has 58 heavy (non-hydrogen) atoms. The molecule has 2 aliphatic heterocycles. The van der Waals surface area contributed by atoms with Gasteiger partial charge in [-0.1, -0.05) is 152 Å². The smallest absolute Gasteiger partial charge is 0.333 e. The van der Waals surface area contributed by atoms with Gasteiger partial charge in [0.1, 0.15) is 0 Å². The van der Waals surface area contributed by atoms with E-state index in [4.69, 9.17) is 0 Å². The summed E-state index contributed by atoms with van der Waals surface area (Å²) in [5.41, 5.74) is 22.9. The van der Waals surface area contributed by atoms with E-state index in [0.717, 1.165) is 0 Å². The number of rotatable bonds is 1. The van der Waals surface area contributed by atoms with Crippen LogP contribution in [0.15, 0.2) is 103 Å². The largest absolute Gasteiger partial charge is 0.376 e. The first kappa shape index (κ1) is 37.3. The molecule has 1 aliphatic carbocycles. The van der Waals surface area contributed by atoms with E-state index < -0.39 is 0 Å². The molecule has 10 rings (SSSR count). The molecule has 0 unspecified atom stereocenters. The molecule has 0 radical (unpaired) electrons. The van der Waals surface area contributed by atoms with Gasteiger partial charge < -0.3 is 9.38 Å². The van der Waals surface area contributed by atoms with Gasteiger partial charge in [-0.25, -0.2) is 0 Å². The number of aromatic nitrogens is 1. The Labute approximate surface area is 347 Å². The lowest BCUT2D eigenvalue weighted by atomic mass is 9.43. The van der Waals surface area contributed by atoms with Gasteiger partial charge in [0, 0.05) is 38.8 Å². The van der Waals surface area contributed by atoms with E-state index in [0.29, 0.717) is 0 Å². The van der Waals surface area contributed by atoms with E-state index in [2.05, 4.69) is 209 Å². The summed E-state index contributed by atoms with van der Waals surface area (Å²) in [6.45, 7) is 33.0. The molecule has 6 aromatic carbocycles. The molecule has 3 aliphatic rings. The minimum absolute atomic E-state index is 0.00177. The van der Waals surface area contributed by atoms with Crippen LogP contribution in [0.3, 0.4) is 0 Å². The third kappa shape index (κ3) is 5.10. The summed E-state index contributed by atoms with van der Waals surface area (Å²) in [5, 5.41) is 2.71. The molecule has 0 amide bonds. The second-order valence-electron chi connectivity index (χ2n) is 22.4. The zero-order valence-electron chi connectivity index (χ0n) is 37.3. The zero-order chi connectivity index (χ0) is 41.2. The van der Waals surface area contributed by atoms with Gasteiger partial charge in [0.05, 0.1) is 11.0 Å². The lowest BCUT2D eigenvalue weighted by Crippen LogP contribution is -2.61. The van der Waals surface area contributed by atoms with Crippen LogP contribution < -0.4 is 15.7 Å². The lowest BCUT2D eigenvalue weighted by Gasteiger charge is -2.44. The lowest BCUT2D eigenvalue weighted by molar-refractivity contribution is 0.590. The van der Waals surface area contributed by atoms with Crippen molar-refractivity contribution < 1.29 is 0 Å². The van der Waals surface area contributed by atoms with Crippen LogP contribution >= 0.6 is 0 Å². The Morgan fingerprint density at radius 1 is 0.500 bits per heavy atom. The Morgan fingerprint density at radius 3 is 1.74 bits per heavy atom. The van der Waals surface area contributed by atoms with Crippen LogP contribution in [0.25, 0.3) is 49.7 Å². The van der Waals surface area contributed by atoms with Crippen molar-refractivity contribution >= 4 is 51.0 Å². The molecule has 0 N–H and O–H groups in total. The van der Waals surface area contributed by atoms with Gasteiger partial charge in [0.15, 0.2) is 0 Å². The van der Waals surface area contributed by atoms with Crippen molar-refractivity contribution in [2.24, 2.45) is 0 Å². The summed E-state index contributed by atoms with van der Waals surface area (Å²) in [6.07, 6.45) is 0. The Bertz CT molecular complexity index is 2890. The normalized spacial score (nSPS) is 15.5. The highest BCUT2D eigenvalue weighted by Gasteiger charge is 2.49. The standard InChI is InChI=1S/C55H59BN2/c1-51(2,3)32-19-23-36(24-20-32)58-46-26-22-34(53(7,8)9)27-38(46)41-31-40-37-17-15-16-18-43(37)55(13,14)47(40)50-48(41)56(58)44-30-35(54(10,11)12)29-42-39-28-33(52(4,5)6)21-25-45(39)57(50)49(42)44/h15-31H,1-14H3. The van der Waals surface area contributed by atoms with Crippen molar-refractivity contribution in [2.45, 2.75) is 124 Å². The molecule has 0 bridgehead atoms. The third-order valence-electron chi connectivity index (χ3n) is 14.0. The molecular formula is C55H59BN2. The highest BCUT2D eigenvalue weighted by molar-refractivity contribution is 6.93. The van der Waals surface area contributed by atoms with Crippen molar-refractivity contribution in [3.05, 3.63) is 137 Å². The molecular weight excluding hydrogens is 699 g/mol. The number of anilines is 2. The number of hydrogen-bond acceptors (Lipinski definition) is 1. The average molecular weight is 759 g/mol. The number of hydrogen-bond donors (Lipinski definition) is 0. The molecule has 7 aromatic rings. The fourth-order valence-electron chi connectivity index (χ4n) is 10.6. The van der Waals surface area contributed by atoms with E-state index >= 15 is 0 Å². The van der Waals surface area contributed by atoms with Crippen LogP contribution in [0.1, 0.15) is 130 Å². The fraction of sp³-hybridized carbons (Fsp3) is 0.345. The molecule has 0 atom stereocenters. The minimum Gasteiger partial charge on any atom is -0.376 e. The van der Waals surface area contributed by atoms with E-state index in [9.17, 15) is 0 Å². The highest BCUT2D eigenvalue weighted by atomic mass is 15.1. The van der Waals surface area contributed by atoms with Crippen LogP contribution in [0.5, 0.6) is 0 Å². The zero-order valence-corrected chi connectivity index (χ0v) is 37.3. The molecule has 292 valence electrons. The van der Waals surface area contributed by atoms with Crippen molar-refractivity contribution in [2.75, 3.05) is 4.81 Å². The molecule has 0 fully saturated rings. The maximum atomic E-state index is 2.72. The number of benzene rings is 6. The molecule has 1 aromatic heterocycles. The van der Waals surface area contributed by atoms with Gasteiger partial charge in [-0.3, -0.25) is 0 Å². The van der Waals surface area contributed by atoms with E-state index in [1.54, 1.807) is 0 Å². The van der Waals surface area contributed by atoms with Crippen LogP contribution in [0.4, 0.5) is 11.4 Å². The van der Waals surface area contributed by atoms with Crippen molar-refractivity contribution in [3.63, 3.8) is 0 Å². The second kappa shape index (κ2) is 11.6. The summed E-state index contributed by atoms with van der Waals surface area (Å²) in [7, 11) is 0. The summed E-state index contributed by atoms with van der Waals surface area (Å²) in [6, 6.07) is 41.1. The Balaban J connectivity index is 1.44. The Kier molecular flexibility index (Phi) is 7.45. The number of nitrogens with zero attached hydrogens (tertiary/aromatic N) is 2. The summed E-state index contributed by atoms with van der Waals surface area (Å²) in [4.78, 5) is 2.71. The van der Waals surface area contributed by atoms with Gasteiger partial charge in [-0.2, -0.15) is 0 Å². The SMILES string of the molecule is CC(C)(C)c1ccc(N2B3c4c(cc5c(c4-n4c6ccc(C(C)(C)C)cc6c6cc(C(C)(C)C)cc3c64)C(C)(C)c3ccccc3-5)-c3cc(C(C)(C)C)ccc32)cc1. The Morgan fingerprint density at radius 2 is 1.09 bits per heavy atom. The number of fused-ring (bicyclic) bond motifs is 11. The summed E-state index contributed by atoms with van der Waals surface area (Å²) < 4.78 is 2.72. The molecule has 0 saturated carbocycles. The van der Waals surface area contributed by atoms with Gasteiger partial charge in [0.2, 0.25) is 0 Å². The molecule has 0 saturated heterocycles. The molecule has 3 heteroatoms. The highest BCUT2D eigenvalue weighted by Crippen LogP contribution is 2.56. The van der Waals surface area contributed by atoms with Crippen molar-refractivity contribution in [1.82, 2.24) is 4.57 Å². The van der Waals surface area contributed by atoms with Crippen molar-refractivity contribution in [1.29, 1.82) is 0 Å². The van der Waals surface area contributed by atoms with Crippen LogP contribution in [-0.2, 0) is 27.1 Å². The fourth-order valence-corrected chi connectivity index (χ4v) is 10.6. The predicted octanol–water partition coefficient (Wildman–Crippen LogP) is 13.5. The summed E-state index contributed by atoms with van der Waals surface area (Å²) >= 11 is 0. The maximum Gasteiger partial charge on any atom is 0.333 e. The summed E-state index contributed by atoms with van der Waals surface area (Å²) in [5.74, 6) is 0. The second-order valence-corrected chi connectivity index (χ2v) is 22.4.